The maximum Gasteiger partial charge on any atom is 0.471 e. The Kier molecular flexibility index (Phi) is 8.59. The first-order chi connectivity index (χ1) is 17.4. The SMILES string of the molecule is CC(=O)Nc1ncc2ncn([C@@H]3O[C@H](COC(C)=O)[C@@H](OC(C)=O)[C@H]3OCCNC(=O)C(F)(F)F)c2n1. The van der Waals surface area contributed by atoms with Crippen molar-refractivity contribution in [3.05, 3.63) is 12.5 Å². The van der Waals surface area contributed by atoms with Gasteiger partial charge in [0.15, 0.2) is 18.0 Å². The summed E-state index contributed by atoms with van der Waals surface area (Å²) >= 11 is 0. The molecule has 3 rings (SSSR count). The Morgan fingerprint density at radius 1 is 1.11 bits per heavy atom. The third-order valence-electron chi connectivity index (χ3n) is 4.87. The van der Waals surface area contributed by atoms with Gasteiger partial charge >= 0.3 is 24.0 Å². The standard InChI is InChI=1S/C20H23F3N6O8/c1-9(30)27-19-25-6-12-16(28-19)29(8-26-12)17-15(34-5-4-24-18(33)20(21,22)23)14(36-11(3)32)13(37-17)7-35-10(2)31/h6,8,13-15,17H,4-5,7H2,1-3H3,(H,24,33)(H,25,27,28,30)/t13-,14-,15-,17-/m1/s1. The summed E-state index contributed by atoms with van der Waals surface area (Å²) in [6.07, 6.45) is -6.94. The van der Waals surface area contributed by atoms with Crippen molar-refractivity contribution in [3.8, 4) is 0 Å². The molecule has 2 aromatic heterocycles. The van der Waals surface area contributed by atoms with E-state index in [9.17, 15) is 32.3 Å². The third kappa shape index (κ3) is 7.10. The number of nitrogens with one attached hydrogen (secondary N) is 2. The molecule has 2 amide bonds. The van der Waals surface area contributed by atoms with Crippen LogP contribution >= 0.6 is 0 Å². The van der Waals surface area contributed by atoms with Gasteiger partial charge in [-0.2, -0.15) is 18.2 Å². The van der Waals surface area contributed by atoms with Gasteiger partial charge in [-0.05, 0) is 0 Å². The first-order valence-electron chi connectivity index (χ1n) is 10.8. The molecule has 14 nitrogen and oxygen atoms in total. The maximum atomic E-state index is 12.5. The average molecular weight is 532 g/mol. The molecule has 3 heterocycles. The van der Waals surface area contributed by atoms with Crippen LogP contribution in [0.5, 0.6) is 0 Å². The minimum atomic E-state index is -5.07. The predicted octanol–water partition coefficient (Wildman–Crippen LogP) is 0.241. The van der Waals surface area contributed by atoms with Crippen molar-refractivity contribution in [2.24, 2.45) is 0 Å². The van der Waals surface area contributed by atoms with Crippen molar-refractivity contribution in [2.75, 3.05) is 25.1 Å². The van der Waals surface area contributed by atoms with Gasteiger partial charge in [-0.25, -0.2) is 9.97 Å². The third-order valence-corrected chi connectivity index (χ3v) is 4.87. The molecule has 0 spiro atoms. The summed E-state index contributed by atoms with van der Waals surface area (Å²) in [6, 6.07) is 0. The Morgan fingerprint density at radius 2 is 1.84 bits per heavy atom. The molecule has 0 aromatic carbocycles. The molecular formula is C20H23F3N6O8. The van der Waals surface area contributed by atoms with E-state index in [0.29, 0.717) is 5.52 Å². The molecule has 1 fully saturated rings. The minimum Gasteiger partial charge on any atom is -0.463 e. The van der Waals surface area contributed by atoms with Crippen LogP contribution in [-0.2, 0) is 38.1 Å². The highest BCUT2D eigenvalue weighted by molar-refractivity contribution is 5.87. The van der Waals surface area contributed by atoms with E-state index in [1.54, 1.807) is 5.32 Å². The van der Waals surface area contributed by atoms with Crippen molar-refractivity contribution in [1.29, 1.82) is 0 Å². The molecule has 0 bridgehead atoms. The molecule has 0 radical (unpaired) electrons. The number of nitrogens with zero attached hydrogens (tertiary/aromatic N) is 4. The Labute approximate surface area is 206 Å². The number of hydrogen-bond acceptors (Lipinski definition) is 11. The quantitative estimate of drug-likeness (QED) is 0.335. The number of esters is 2. The first-order valence-corrected chi connectivity index (χ1v) is 10.8. The number of carbonyl (C=O) groups is 4. The summed E-state index contributed by atoms with van der Waals surface area (Å²) in [5.41, 5.74) is 0.471. The Balaban J connectivity index is 1.91. The van der Waals surface area contributed by atoms with E-state index in [2.05, 4.69) is 20.3 Å². The van der Waals surface area contributed by atoms with Crippen molar-refractivity contribution < 1.29 is 51.3 Å². The molecule has 0 aliphatic carbocycles. The number of hydrogen-bond donors (Lipinski definition) is 2. The van der Waals surface area contributed by atoms with Gasteiger partial charge in [0.05, 0.1) is 19.1 Å². The summed E-state index contributed by atoms with van der Waals surface area (Å²) in [4.78, 5) is 58.0. The molecule has 17 heteroatoms. The molecule has 4 atom stereocenters. The van der Waals surface area contributed by atoms with E-state index >= 15 is 0 Å². The fourth-order valence-electron chi connectivity index (χ4n) is 3.47. The van der Waals surface area contributed by atoms with Gasteiger partial charge in [-0.15, -0.1) is 0 Å². The minimum absolute atomic E-state index is 0.0416. The molecule has 37 heavy (non-hydrogen) atoms. The Hall–Kier alpha value is -3.86. The molecule has 1 saturated heterocycles. The van der Waals surface area contributed by atoms with Gasteiger partial charge < -0.3 is 24.3 Å². The second kappa shape index (κ2) is 11.5. The zero-order valence-electron chi connectivity index (χ0n) is 19.8. The van der Waals surface area contributed by atoms with Crippen molar-refractivity contribution in [1.82, 2.24) is 24.8 Å². The van der Waals surface area contributed by atoms with Crippen molar-refractivity contribution in [3.63, 3.8) is 0 Å². The molecule has 0 unspecified atom stereocenters. The van der Waals surface area contributed by atoms with Gasteiger partial charge in [-0.3, -0.25) is 29.1 Å². The van der Waals surface area contributed by atoms with E-state index < -0.39 is 67.6 Å². The van der Waals surface area contributed by atoms with Crippen molar-refractivity contribution in [2.45, 2.75) is 51.5 Å². The molecular weight excluding hydrogens is 509 g/mol. The normalized spacial score (nSPS) is 21.5. The number of alkyl halides is 3. The molecule has 2 aromatic rings. The highest BCUT2D eigenvalue weighted by Crippen LogP contribution is 2.35. The van der Waals surface area contributed by atoms with E-state index in [4.69, 9.17) is 18.9 Å². The van der Waals surface area contributed by atoms with Gasteiger partial charge in [0, 0.05) is 27.3 Å². The summed E-state index contributed by atoms with van der Waals surface area (Å²) in [6.45, 7) is 2.25. The molecule has 0 saturated carbocycles. The van der Waals surface area contributed by atoms with E-state index in [1.165, 1.54) is 24.0 Å². The smallest absolute Gasteiger partial charge is 0.463 e. The van der Waals surface area contributed by atoms with Gasteiger partial charge in [0.25, 0.3) is 0 Å². The maximum absolute atomic E-state index is 12.5. The number of anilines is 1. The lowest BCUT2D eigenvalue weighted by Crippen LogP contribution is -2.42. The number of aromatic nitrogens is 4. The van der Waals surface area contributed by atoms with Crippen molar-refractivity contribution >= 4 is 40.9 Å². The van der Waals surface area contributed by atoms with E-state index in [1.807, 2.05) is 0 Å². The summed E-state index contributed by atoms with van der Waals surface area (Å²) < 4.78 is 60.8. The molecule has 1 aliphatic heterocycles. The number of amides is 2. The fourth-order valence-corrected chi connectivity index (χ4v) is 3.47. The van der Waals surface area contributed by atoms with Crippen LogP contribution in [0, 0.1) is 0 Å². The number of halogens is 3. The average Bonchev–Trinajstić information content (AvgIpc) is 3.34. The van der Waals surface area contributed by atoms with Crippen LogP contribution in [0.4, 0.5) is 19.1 Å². The monoisotopic (exact) mass is 532 g/mol. The van der Waals surface area contributed by atoms with Crippen LogP contribution in [0.1, 0.15) is 27.0 Å². The van der Waals surface area contributed by atoms with E-state index in [0.717, 1.165) is 13.8 Å². The highest BCUT2D eigenvalue weighted by atomic mass is 19.4. The second-order valence-electron chi connectivity index (χ2n) is 7.77. The Morgan fingerprint density at radius 3 is 2.46 bits per heavy atom. The first kappa shape index (κ1) is 27.7. The molecule has 202 valence electrons. The zero-order chi connectivity index (χ0) is 27.3. The van der Waals surface area contributed by atoms with Gasteiger partial charge in [-0.1, -0.05) is 0 Å². The van der Waals surface area contributed by atoms with Gasteiger partial charge in [0.1, 0.15) is 24.3 Å². The lowest BCUT2D eigenvalue weighted by Gasteiger charge is -2.24. The largest absolute Gasteiger partial charge is 0.471 e. The lowest BCUT2D eigenvalue weighted by atomic mass is 10.1. The summed E-state index contributed by atoms with van der Waals surface area (Å²) in [5.74, 6) is -3.99. The lowest BCUT2D eigenvalue weighted by molar-refractivity contribution is -0.174. The van der Waals surface area contributed by atoms with Crippen LogP contribution in [-0.4, -0.2) is 87.5 Å². The second-order valence-corrected chi connectivity index (χ2v) is 7.77. The van der Waals surface area contributed by atoms with E-state index in [-0.39, 0.29) is 18.2 Å². The number of imidazole rings is 1. The number of rotatable bonds is 9. The number of ether oxygens (including phenoxy) is 4. The van der Waals surface area contributed by atoms with Crippen LogP contribution < -0.4 is 10.6 Å². The summed E-state index contributed by atoms with van der Waals surface area (Å²) in [5, 5.41) is 4.10. The Bertz CT molecular complexity index is 1170. The highest BCUT2D eigenvalue weighted by Gasteiger charge is 2.49. The van der Waals surface area contributed by atoms with Crippen LogP contribution in [0.15, 0.2) is 12.5 Å². The van der Waals surface area contributed by atoms with Crippen LogP contribution in [0.25, 0.3) is 11.2 Å². The molecule has 1 aliphatic rings. The predicted molar refractivity (Wildman–Crippen MR) is 115 cm³/mol. The molecule has 2 N–H and O–H groups in total. The summed E-state index contributed by atoms with van der Waals surface area (Å²) in [7, 11) is 0. The number of fused-ring (bicyclic) bond motifs is 1. The topological polar surface area (TPSA) is 173 Å². The van der Waals surface area contributed by atoms with Gasteiger partial charge in [0.2, 0.25) is 11.9 Å². The number of carbonyl (C=O) groups excluding carboxylic acids is 4. The van der Waals surface area contributed by atoms with Crippen LogP contribution in [0.2, 0.25) is 0 Å². The van der Waals surface area contributed by atoms with Crippen LogP contribution in [0.3, 0.4) is 0 Å². The zero-order valence-corrected chi connectivity index (χ0v) is 19.8. The fraction of sp³-hybridized carbons (Fsp3) is 0.550.